The third-order valence-electron chi connectivity index (χ3n) is 6.15. The summed E-state index contributed by atoms with van der Waals surface area (Å²) in [7, 11) is -3.16. The monoisotopic (exact) mass is 511 g/mol. The zero-order valence-corrected chi connectivity index (χ0v) is 20.5. The number of aromatic hydroxyl groups is 1. The molecule has 0 saturated carbocycles. The van der Waals surface area contributed by atoms with Gasteiger partial charge in [0.05, 0.1) is 0 Å². The van der Waals surface area contributed by atoms with E-state index in [4.69, 9.17) is 0 Å². The van der Waals surface area contributed by atoms with E-state index in [1.54, 1.807) is 13.8 Å². The number of aromatic nitrogens is 1. The molecule has 1 aromatic heterocycles. The molecular formula is C23H28F2N3O6P. The van der Waals surface area contributed by atoms with Gasteiger partial charge in [-0.05, 0) is 19.0 Å². The second kappa shape index (κ2) is 10.0. The van der Waals surface area contributed by atoms with E-state index < -0.39 is 58.9 Å². The number of hydrogen-bond acceptors (Lipinski definition) is 6. The zero-order valence-electron chi connectivity index (χ0n) is 19.6. The molecule has 9 nitrogen and oxygen atoms in total. The highest BCUT2D eigenvalue weighted by molar-refractivity contribution is 7.57. The fraction of sp³-hybridized carbons (Fsp3) is 0.435. The summed E-state index contributed by atoms with van der Waals surface area (Å²) in [5, 5.41) is 16.1. The van der Waals surface area contributed by atoms with Crippen molar-refractivity contribution in [1.82, 2.24) is 15.2 Å². The standard InChI is InChI=1S/C23H28F2N3O6P/c1-23(2)17(26-7-4-8-35(3,33)34)12-28-11-15(19(29)20(30)18(28)21(23)31)22(32)27-10-13-5-6-14(24)9-16(13)25/h5-6,9,11,17,26,30H,4,7-8,10,12H2,1-3H3,(H,27,32)(H,33,34). The fourth-order valence-corrected chi connectivity index (χ4v) is 4.73. The normalized spacial score (nSPS) is 18.6. The van der Waals surface area contributed by atoms with E-state index in [9.17, 15) is 37.7 Å². The van der Waals surface area contributed by atoms with Gasteiger partial charge >= 0.3 is 0 Å². The van der Waals surface area contributed by atoms with Gasteiger partial charge in [0.1, 0.15) is 22.9 Å². The van der Waals surface area contributed by atoms with Gasteiger partial charge in [0.15, 0.2) is 18.9 Å². The molecule has 0 saturated heterocycles. The van der Waals surface area contributed by atoms with Gasteiger partial charge < -0.3 is 25.2 Å². The van der Waals surface area contributed by atoms with Crippen LogP contribution in [0.1, 0.15) is 46.7 Å². The Morgan fingerprint density at radius 3 is 2.60 bits per heavy atom. The van der Waals surface area contributed by atoms with Crippen LogP contribution in [-0.2, 0) is 17.7 Å². The number of Topliss-reactive ketones (excluding diaryl/α,β-unsaturated/α-hetero) is 1. The molecule has 2 aromatic rings. The highest BCUT2D eigenvalue weighted by Gasteiger charge is 2.44. The van der Waals surface area contributed by atoms with E-state index in [1.165, 1.54) is 17.4 Å². The first-order chi connectivity index (χ1) is 16.2. The number of benzene rings is 1. The van der Waals surface area contributed by atoms with Crippen LogP contribution in [0.3, 0.4) is 0 Å². The molecule has 1 amide bonds. The van der Waals surface area contributed by atoms with Crippen LogP contribution in [0.5, 0.6) is 5.75 Å². The molecule has 2 unspecified atom stereocenters. The number of fused-ring (bicyclic) bond motifs is 1. The number of halogens is 2. The number of carbonyl (C=O) groups is 2. The lowest BCUT2D eigenvalue weighted by Crippen LogP contribution is -2.54. The number of carbonyl (C=O) groups excluding carboxylic acids is 2. The Morgan fingerprint density at radius 2 is 1.97 bits per heavy atom. The minimum atomic E-state index is -3.16. The van der Waals surface area contributed by atoms with E-state index in [0.717, 1.165) is 12.1 Å². The molecule has 1 aromatic carbocycles. The number of pyridine rings is 1. The molecule has 0 spiro atoms. The first-order valence-electron chi connectivity index (χ1n) is 11.0. The van der Waals surface area contributed by atoms with Crippen LogP contribution in [0.2, 0.25) is 0 Å². The van der Waals surface area contributed by atoms with Crippen molar-refractivity contribution in [3.8, 4) is 5.75 Å². The topological polar surface area (TPSA) is 138 Å². The van der Waals surface area contributed by atoms with Crippen LogP contribution >= 0.6 is 7.37 Å². The maximum Gasteiger partial charge on any atom is 0.257 e. The lowest BCUT2D eigenvalue weighted by molar-refractivity contribution is 0.0698. The molecule has 0 bridgehead atoms. The van der Waals surface area contributed by atoms with Gasteiger partial charge in [-0.1, -0.05) is 19.9 Å². The van der Waals surface area contributed by atoms with E-state index in [2.05, 4.69) is 10.6 Å². The number of ketones is 1. The molecule has 3 rings (SSSR count). The molecule has 4 N–H and O–H groups in total. The summed E-state index contributed by atoms with van der Waals surface area (Å²) >= 11 is 0. The first kappa shape index (κ1) is 26.7. The van der Waals surface area contributed by atoms with Gasteiger partial charge in [-0.2, -0.15) is 0 Å². The van der Waals surface area contributed by atoms with Gasteiger partial charge in [0.25, 0.3) is 5.91 Å². The second-order valence-electron chi connectivity index (χ2n) is 9.33. The quantitative estimate of drug-likeness (QED) is 0.315. The van der Waals surface area contributed by atoms with Crippen LogP contribution in [-0.4, -0.2) is 51.7 Å². The second-order valence-corrected chi connectivity index (χ2v) is 11.9. The summed E-state index contributed by atoms with van der Waals surface area (Å²) in [6, 6.07) is 2.41. The van der Waals surface area contributed by atoms with Gasteiger partial charge in [-0.25, -0.2) is 8.78 Å². The lowest BCUT2D eigenvalue weighted by Gasteiger charge is -2.40. The fourth-order valence-electron chi connectivity index (χ4n) is 3.99. The van der Waals surface area contributed by atoms with Crippen molar-refractivity contribution in [2.45, 2.75) is 39.4 Å². The number of rotatable bonds is 8. The third-order valence-corrected chi connectivity index (χ3v) is 7.29. The predicted octanol–water partition coefficient (Wildman–Crippen LogP) is 2.23. The molecule has 12 heteroatoms. The number of hydrogen-bond donors (Lipinski definition) is 4. The van der Waals surface area contributed by atoms with E-state index in [-0.39, 0.29) is 30.5 Å². The van der Waals surface area contributed by atoms with Crippen LogP contribution in [0.25, 0.3) is 0 Å². The van der Waals surface area contributed by atoms with Crippen molar-refractivity contribution in [2.75, 3.05) is 19.4 Å². The van der Waals surface area contributed by atoms with E-state index in [1.807, 2.05) is 0 Å². The Balaban J connectivity index is 1.83. The molecule has 1 aliphatic rings. The van der Waals surface area contributed by atoms with Crippen LogP contribution in [0, 0.1) is 17.0 Å². The molecule has 2 atom stereocenters. The third kappa shape index (κ3) is 5.86. The molecule has 35 heavy (non-hydrogen) atoms. The predicted molar refractivity (Wildman–Crippen MR) is 125 cm³/mol. The molecule has 0 fully saturated rings. The van der Waals surface area contributed by atoms with Gasteiger partial charge in [-0.3, -0.25) is 18.9 Å². The zero-order chi connectivity index (χ0) is 26.1. The van der Waals surface area contributed by atoms with Crippen LogP contribution < -0.4 is 16.1 Å². The van der Waals surface area contributed by atoms with Crippen molar-refractivity contribution in [3.63, 3.8) is 0 Å². The van der Waals surface area contributed by atoms with Crippen molar-refractivity contribution < 1.29 is 32.9 Å². The molecule has 1 aliphatic heterocycles. The van der Waals surface area contributed by atoms with Crippen LogP contribution in [0.4, 0.5) is 8.78 Å². The van der Waals surface area contributed by atoms with E-state index >= 15 is 0 Å². The minimum Gasteiger partial charge on any atom is -0.503 e. The molecule has 0 aliphatic carbocycles. The average Bonchev–Trinajstić information content (AvgIpc) is 2.75. The molecule has 0 radical (unpaired) electrons. The highest BCUT2D eigenvalue weighted by atomic mass is 31.2. The number of nitrogens with zero attached hydrogens (tertiary/aromatic N) is 1. The Kier molecular flexibility index (Phi) is 7.64. The smallest absolute Gasteiger partial charge is 0.257 e. The summed E-state index contributed by atoms with van der Waals surface area (Å²) < 4.78 is 39.8. The summed E-state index contributed by atoms with van der Waals surface area (Å²) in [4.78, 5) is 48.0. The SMILES string of the molecule is CC1(C)C(=O)c2c(O)c(=O)c(C(=O)NCc3ccc(F)cc3F)cn2CC1NCCCP(C)(=O)O. The van der Waals surface area contributed by atoms with Crippen molar-refractivity contribution in [1.29, 1.82) is 0 Å². The maximum atomic E-state index is 13.9. The maximum absolute atomic E-state index is 13.9. The molecule has 190 valence electrons. The van der Waals surface area contributed by atoms with Crippen molar-refractivity contribution >= 4 is 19.1 Å². The summed E-state index contributed by atoms with van der Waals surface area (Å²) in [5.74, 6) is -3.88. The Bertz CT molecular complexity index is 1270. The minimum absolute atomic E-state index is 0.00253. The van der Waals surface area contributed by atoms with Crippen LogP contribution in [0.15, 0.2) is 29.2 Å². The largest absolute Gasteiger partial charge is 0.503 e. The van der Waals surface area contributed by atoms with Gasteiger partial charge in [0.2, 0.25) is 5.43 Å². The summed E-state index contributed by atoms with van der Waals surface area (Å²) in [6.07, 6.45) is 1.69. The Labute approximate surface area is 200 Å². The Morgan fingerprint density at radius 1 is 1.29 bits per heavy atom. The molecular weight excluding hydrogens is 483 g/mol. The lowest BCUT2D eigenvalue weighted by atomic mass is 9.75. The summed E-state index contributed by atoms with van der Waals surface area (Å²) in [6.45, 7) is 4.77. The number of amides is 1. The highest BCUT2D eigenvalue weighted by Crippen LogP contribution is 2.36. The molecule has 2 heterocycles. The van der Waals surface area contributed by atoms with Gasteiger partial charge in [0, 0.05) is 55.2 Å². The number of nitrogens with one attached hydrogen (secondary N) is 2. The summed E-state index contributed by atoms with van der Waals surface area (Å²) in [5.41, 5.74) is -2.70. The first-order valence-corrected chi connectivity index (χ1v) is 13.3. The Hall–Kier alpha value is -2.88. The van der Waals surface area contributed by atoms with E-state index in [0.29, 0.717) is 19.0 Å². The van der Waals surface area contributed by atoms with Crippen molar-refractivity contribution in [2.24, 2.45) is 5.41 Å². The van der Waals surface area contributed by atoms with Gasteiger partial charge in [-0.15, -0.1) is 0 Å². The van der Waals surface area contributed by atoms with Crippen molar-refractivity contribution in [3.05, 3.63) is 63.1 Å². The average molecular weight is 511 g/mol.